The molecule has 124 valence electrons. The quantitative estimate of drug-likeness (QED) is 0.769. The normalized spacial score (nSPS) is 14.9. The van der Waals surface area contributed by atoms with Crippen molar-refractivity contribution in [3.05, 3.63) is 53.3 Å². The molecule has 4 nitrogen and oxygen atoms in total. The van der Waals surface area contributed by atoms with Gasteiger partial charge in [0.05, 0.1) is 0 Å². The molecule has 0 bridgehead atoms. The van der Waals surface area contributed by atoms with Crippen LogP contribution >= 0.6 is 0 Å². The fourth-order valence-corrected chi connectivity index (χ4v) is 3.59. The van der Waals surface area contributed by atoms with Crippen molar-refractivity contribution in [2.24, 2.45) is 5.73 Å². The average Bonchev–Trinajstić information content (AvgIpc) is 3.08. The molecule has 1 aromatic heterocycles. The molecule has 1 aliphatic heterocycles. The molecule has 4 rings (SSSR count). The van der Waals surface area contributed by atoms with Crippen LogP contribution in [0.5, 0.6) is 11.5 Å². The number of nitrogens with zero attached hydrogens (tertiary/aromatic N) is 1. The second kappa shape index (κ2) is 5.56. The largest absolute Gasteiger partial charge is 0.457 e. The lowest BCUT2D eigenvalue weighted by Crippen LogP contribution is -2.12. The SMILES string of the molecule is Cc1oc2c(Oc3ccc4c(c3)N(C)CC4)cccc2c1C(C)N. The minimum Gasteiger partial charge on any atom is -0.457 e. The monoisotopic (exact) mass is 322 g/mol. The first-order chi connectivity index (χ1) is 11.5. The Kier molecular flexibility index (Phi) is 3.50. The van der Waals surface area contributed by atoms with Gasteiger partial charge in [0.2, 0.25) is 0 Å². The van der Waals surface area contributed by atoms with E-state index in [1.807, 2.05) is 38.1 Å². The van der Waals surface area contributed by atoms with Crippen molar-refractivity contribution in [2.45, 2.75) is 26.3 Å². The predicted molar refractivity (Wildman–Crippen MR) is 97.0 cm³/mol. The van der Waals surface area contributed by atoms with Crippen LogP contribution < -0.4 is 15.4 Å². The van der Waals surface area contributed by atoms with Gasteiger partial charge in [-0.05, 0) is 38.0 Å². The van der Waals surface area contributed by atoms with E-state index in [1.54, 1.807) is 0 Å². The molecule has 0 amide bonds. The molecule has 4 heteroatoms. The number of furan rings is 1. The molecule has 2 heterocycles. The van der Waals surface area contributed by atoms with Gasteiger partial charge in [0.25, 0.3) is 0 Å². The number of aryl methyl sites for hydroxylation is 1. The van der Waals surface area contributed by atoms with E-state index in [-0.39, 0.29) is 6.04 Å². The van der Waals surface area contributed by atoms with E-state index in [9.17, 15) is 0 Å². The first-order valence-electron chi connectivity index (χ1n) is 8.34. The van der Waals surface area contributed by atoms with Gasteiger partial charge in [0.1, 0.15) is 11.5 Å². The summed E-state index contributed by atoms with van der Waals surface area (Å²) in [5, 5.41) is 1.03. The Labute approximate surface area is 141 Å². The number of rotatable bonds is 3. The van der Waals surface area contributed by atoms with E-state index in [2.05, 4.69) is 24.1 Å². The second-order valence-electron chi connectivity index (χ2n) is 6.56. The summed E-state index contributed by atoms with van der Waals surface area (Å²) >= 11 is 0. The summed E-state index contributed by atoms with van der Waals surface area (Å²) in [6.45, 7) is 4.98. The molecule has 1 unspecified atom stereocenters. The maximum absolute atomic E-state index is 6.15. The topological polar surface area (TPSA) is 51.6 Å². The van der Waals surface area contributed by atoms with Crippen LogP contribution in [0.1, 0.15) is 29.9 Å². The van der Waals surface area contributed by atoms with E-state index in [0.29, 0.717) is 0 Å². The highest BCUT2D eigenvalue weighted by Crippen LogP contribution is 2.38. The van der Waals surface area contributed by atoms with Gasteiger partial charge in [0.15, 0.2) is 11.3 Å². The van der Waals surface area contributed by atoms with Gasteiger partial charge in [-0.25, -0.2) is 0 Å². The fraction of sp³-hybridized carbons (Fsp3) is 0.300. The summed E-state index contributed by atoms with van der Waals surface area (Å²) in [4.78, 5) is 2.26. The Morgan fingerprint density at radius 1 is 1.25 bits per heavy atom. The maximum atomic E-state index is 6.15. The molecule has 0 aliphatic carbocycles. The molecule has 2 N–H and O–H groups in total. The number of para-hydroxylation sites is 1. The third-order valence-electron chi connectivity index (χ3n) is 4.77. The van der Waals surface area contributed by atoms with Gasteiger partial charge < -0.3 is 19.8 Å². The second-order valence-corrected chi connectivity index (χ2v) is 6.56. The number of hydrogen-bond donors (Lipinski definition) is 1. The van der Waals surface area contributed by atoms with Crippen LogP contribution in [0.15, 0.2) is 40.8 Å². The molecular formula is C20H22N2O2. The predicted octanol–water partition coefficient (Wildman–Crippen LogP) is 4.55. The number of hydrogen-bond acceptors (Lipinski definition) is 4. The molecule has 0 saturated heterocycles. The van der Waals surface area contributed by atoms with Crippen molar-refractivity contribution >= 4 is 16.7 Å². The van der Waals surface area contributed by atoms with Crippen molar-refractivity contribution in [1.82, 2.24) is 0 Å². The Balaban J connectivity index is 1.76. The average molecular weight is 322 g/mol. The zero-order valence-corrected chi connectivity index (χ0v) is 14.3. The third-order valence-corrected chi connectivity index (χ3v) is 4.77. The highest BCUT2D eigenvalue weighted by molar-refractivity contribution is 5.88. The van der Waals surface area contributed by atoms with Crippen LogP contribution in [-0.4, -0.2) is 13.6 Å². The minimum absolute atomic E-state index is 0.0739. The van der Waals surface area contributed by atoms with Gasteiger partial charge in [-0.15, -0.1) is 0 Å². The van der Waals surface area contributed by atoms with Crippen LogP contribution in [0.25, 0.3) is 11.0 Å². The molecule has 0 saturated carbocycles. The third kappa shape index (κ3) is 2.34. The lowest BCUT2D eigenvalue weighted by atomic mass is 10.1. The molecular weight excluding hydrogens is 300 g/mol. The Hall–Kier alpha value is -2.46. The summed E-state index contributed by atoms with van der Waals surface area (Å²) in [5.41, 5.74) is 10.5. The highest BCUT2D eigenvalue weighted by atomic mass is 16.5. The fourth-order valence-electron chi connectivity index (χ4n) is 3.59. The summed E-state index contributed by atoms with van der Waals surface area (Å²) in [6.07, 6.45) is 1.09. The number of benzene rings is 2. The number of ether oxygens (including phenoxy) is 1. The zero-order chi connectivity index (χ0) is 16.8. The summed E-state index contributed by atoms with van der Waals surface area (Å²) in [6, 6.07) is 12.2. The van der Waals surface area contributed by atoms with Crippen LogP contribution in [-0.2, 0) is 6.42 Å². The standard InChI is InChI=1S/C20H22N2O2/c1-12(21)19-13(2)23-20-16(19)5-4-6-18(20)24-15-8-7-14-9-10-22(3)17(14)11-15/h4-8,11-12H,9-10,21H2,1-3H3. The highest BCUT2D eigenvalue weighted by Gasteiger charge is 2.19. The van der Waals surface area contributed by atoms with Crippen LogP contribution in [0.2, 0.25) is 0 Å². The molecule has 1 atom stereocenters. The van der Waals surface area contributed by atoms with E-state index in [0.717, 1.165) is 46.8 Å². The van der Waals surface area contributed by atoms with Gasteiger partial charge >= 0.3 is 0 Å². The number of likely N-dealkylation sites (N-methyl/N-ethyl adjacent to an activating group) is 1. The van der Waals surface area contributed by atoms with Crippen LogP contribution in [0, 0.1) is 6.92 Å². The zero-order valence-electron chi connectivity index (χ0n) is 14.3. The van der Waals surface area contributed by atoms with Gasteiger partial charge in [0, 0.05) is 42.3 Å². The molecule has 24 heavy (non-hydrogen) atoms. The van der Waals surface area contributed by atoms with Gasteiger partial charge in [-0.3, -0.25) is 0 Å². The molecule has 0 spiro atoms. The molecule has 3 aromatic rings. The smallest absolute Gasteiger partial charge is 0.177 e. The van der Waals surface area contributed by atoms with Crippen molar-refractivity contribution < 1.29 is 9.15 Å². The van der Waals surface area contributed by atoms with Crippen molar-refractivity contribution in [2.75, 3.05) is 18.5 Å². The number of nitrogens with two attached hydrogens (primary N) is 1. The Morgan fingerprint density at radius 2 is 2.08 bits per heavy atom. The molecule has 0 fully saturated rings. The Morgan fingerprint density at radius 3 is 2.88 bits per heavy atom. The van der Waals surface area contributed by atoms with Gasteiger partial charge in [-0.2, -0.15) is 0 Å². The van der Waals surface area contributed by atoms with E-state index in [1.165, 1.54) is 11.3 Å². The molecule has 1 aliphatic rings. The summed E-state index contributed by atoms with van der Waals surface area (Å²) < 4.78 is 12.1. The van der Waals surface area contributed by atoms with Crippen LogP contribution in [0.4, 0.5) is 5.69 Å². The minimum atomic E-state index is -0.0739. The molecule has 2 aromatic carbocycles. The van der Waals surface area contributed by atoms with Crippen molar-refractivity contribution in [1.29, 1.82) is 0 Å². The lowest BCUT2D eigenvalue weighted by Gasteiger charge is -2.13. The van der Waals surface area contributed by atoms with E-state index >= 15 is 0 Å². The van der Waals surface area contributed by atoms with E-state index in [4.69, 9.17) is 14.9 Å². The number of anilines is 1. The maximum Gasteiger partial charge on any atom is 0.177 e. The summed E-state index contributed by atoms with van der Waals surface area (Å²) in [5.74, 6) is 2.40. The summed E-state index contributed by atoms with van der Waals surface area (Å²) in [7, 11) is 2.11. The molecule has 0 radical (unpaired) electrons. The lowest BCUT2D eigenvalue weighted by molar-refractivity contribution is 0.468. The number of fused-ring (bicyclic) bond motifs is 2. The van der Waals surface area contributed by atoms with Crippen molar-refractivity contribution in [3.8, 4) is 11.5 Å². The first kappa shape index (κ1) is 15.1. The Bertz CT molecular complexity index is 911. The van der Waals surface area contributed by atoms with Gasteiger partial charge in [-0.1, -0.05) is 18.2 Å². The van der Waals surface area contributed by atoms with Crippen LogP contribution in [0.3, 0.4) is 0 Å². The van der Waals surface area contributed by atoms with Crippen molar-refractivity contribution in [3.63, 3.8) is 0 Å². The van der Waals surface area contributed by atoms with E-state index < -0.39 is 0 Å². The first-order valence-corrected chi connectivity index (χ1v) is 8.34.